The Labute approximate surface area is 131 Å². The van der Waals surface area contributed by atoms with Gasteiger partial charge in [0.05, 0.1) is 10.6 Å². The topological polar surface area (TPSA) is 37.4 Å². The summed E-state index contributed by atoms with van der Waals surface area (Å²) in [5.74, 6) is 0. The van der Waals surface area contributed by atoms with Crippen molar-refractivity contribution in [2.24, 2.45) is 0 Å². The van der Waals surface area contributed by atoms with Crippen LogP contribution in [0.3, 0.4) is 0 Å². The van der Waals surface area contributed by atoms with Crippen LogP contribution in [0.5, 0.6) is 0 Å². The molecule has 0 spiro atoms. The summed E-state index contributed by atoms with van der Waals surface area (Å²) in [6.45, 7) is 2.07. The van der Waals surface area contributed by atoms with E-state index in [0.717, 1.165) is 11.3 Å². The van der Waals surface area contributed by atoms with Crippen LogP contribution in [0, 0.1) is 0 Å². The lowest BCUT2D eigenvalue weighted by atomic mass is 10.1. The first kappa shape index (κ1) is 15.9. The highest BCUT2D eigenvalue weighted by Crippen LogP contribution is 2.24. The molecule has 0 saturated carbocycles. The van der Waals surface area contributed by atoms with E-state index in [4.69, 9.17) is 0 Å². The Balaban J connectivity index is 2.32. The maximum atomic E-state index is 12.6. The monoisotopic (exact) mass is 321 g/mol. The first-order valence-electron chi connectivity index (χ1n) is 6.71. The number of hydrogen-bond donors (Lipinski definition) is 0. The molecule has 0 unspecified atom stereocenters. The van der Waals surface area contributed by atoms with Crippen LogP contribution < -0.4 is 4.31 Å². The molecular formula is C16H19NO2S2. The van der Waals surface area contributed by atoms with Gasteiger partial charge in [-0.05, 0) is 54.6 Å². The van der Waals surface area contributed by atoms with E-state index in [9.17, 15) is 8.42 Å². The van der Waals surface area contributed by atoms with Gasteiger partial charge >= 0.3 is 0 Å². The number of rotatable bonds is 5. The van der Waals surface area contributed by atoms with Gasteiger partial charge in [0.15, 0.2) is 0 Å². The van der Waals surface area contributed by atoms with E-state index in [2.05, 4.69) is 6.92 Å². The molecule has 0 bridgehead atoms. The van der Waals surface area contributed by atoms with E-state index < -0.39 is 10.0 Å². The third-order valence-corrected chi connectivity index (χ3v) is 5.97. The van der Waals surface area contributed by atoms with Gasteiger partial charge in [0.1, 0.15) is 0 Å². The van der Waals surface area contributed by atoms with Crippen LogP contribution in [0.1, 0.15) is 12.5 Å². The molecule has 2 aromatic rings. The van der Waals surface area contributed by atoms with Crippen molar-refractivity contribution in [2.75, 3.05) is 17.6 Å². The maximum absolute atomic E-state index is 12.6. The normalized spacial score (nSPS) is 11.4. The average molecular weight is 321 g/mol. The summed E-state index contributed by atoms with van der Waals surface area (Å²) >= 11 is 1.59. The van der Waals surface area contributed by atoms with Gasteiger partial charge in [0, 0.05) is 11.9 Å². The smallest absolute Gasteiger partial charge is 0.264 e. The van der Waals surface area contributed by atoms with Crippen molar-refractivity contribution >= 4 is 27.5 Å². The number of nitrogens with zero attached hydrogens (tertiary/aromatic N) is 1. The molecule has 0 heterocycles. The Hall–Kier alpha value is -1.46. The number of anilines is 1. The quantitative estimate of drug-likeness (QED) is 0.786. The molecule has 0 atom stereocenters. The van der Waals surface area contributed by atoms with Gasteiger partial charge in [-0.25, -0.2) is 8.42 Å². The van der Waals surface area contributed by atoms with Crippen LogP contribution >= 0.6 is 11.8 Å². The molecule has 3 nitrogen and oxygen atoms in total. The van der Waals surface area contributed by atoms with Gasteiger partial charge in [0.25, 0.3) is 10.0 Å². The number of aryl methyl sites for hydroxylation is 1. The molecule has 0 amide bonds. The molecule has 0 saturated heterocycles. The third kappa shape index (κ3) is 3.41. The van der Waals surface area contributed by atoms with Crippen LogP contribution in [0.4, 0.5) is 5.69 Å². The van der Waals surface area contributed by atoms with Crippen molar-refractivity contribution in [2.45, 2.75) is 23.1 Å². The second-order valence-corrected chi connectivity index (χ2v) is 7.52. The molecule has 2 rings (SSSR count). The zero-order valence-corrected chi connectivity index (χ0v) is 14.0. The molecule has 0 radical (unpaired) electrons. The Bertz CT molecular complexity index is 692. The lowest BCUT2D eigenvalue weighted by molar-refractivity contribution is 0.594. The zero-order chi connectivity index (χ0) is 15.5. The molecule has 2 aromatic carbocycles. The summed E-state index contributed by atoms with van der Waals surface area (Å²) in [7, 11) is -1.93. The highest BCUT2D eigenvalue weighted by atomic mass is 32.2. The van der Waals surface area contributed by atoms with Gasteiger partial charge in [0.2, 0.25) is 0 Å². The lowest BCUT2D eigenvalue weighted by Crippen LogP contribution is -2.26. The molecule has 112 valence electrons. The van der Waals surface area contributed by atoms with E-state index in [1.54, 1.807) is 30.9 Å². The first-order chi connectivity index (χ1) is 9.98. The van der Waals surface area contributed by atoms with Crippen molar-refractivity contribution < 1.29 is 8.42 Å². The summed E-state index contributed by atoms with van der Waals surface area (Å²) < 4.78 is 26.5. The first-order valence-corrected chi connectivity index (χ1v) is 9.37. The van der Waals surface area contributed by atoms with Crippen LogP contribution in [0.2, 0.25) is 0 Å². The summed E-state index contributed by atoms with van der Waals surface area (Å²) in [6, 6.07) is 14.5. The molecule has 0 aromatic heterocycles. The highest BCUT2D eigenvalue weighted by molar-refractivity contribution is 7.98. The SMILES string of the molecule is CCc1ccc(N(C)S(=O)(=O)c2ccc(SC)cc2)cc1. The minimum absolute atomic E-state index is 0.308. The molecule has 5 heteroatoms. The van der Waals surface area contributed by atoms with Crippen molar-refractivity contribution in [1.82, 2.24) is 0 Å². The fraction of sp³-hybridized carbons (Fsp3) is 0.250. The van der Waals surface area contributed by atoms with Gasteiger partial charge in [-0.15, -0.1) is 11.8 Å². The van der Waals surface area contributed by atoms with Gasteiger partial charge in [-0.1, -0.05) is 19.1 Å². The predicted molar refractivity (Wildman–Crippen MR) is 89.6 cm³/mol. The fourth-order valence-electron chi connectivity index (χ4n) is 1.99. The van der Waals surface area contributed by atoms with E-state index in [1.807, 2.05) is 42.7 Å². The highest BCUT2D eigenvalue weighted by Gasteiger charge is 2.20. The minimum atomic E-state index is -3.51. The summed E-state index contributed by atoms with van der Waals surface area (Å²) in [5.41, 5.74) is 1.86. The standard InChI is InChI=1S/C16H19NO2S2/c1-4-13-5-7-14(8-6-13)17(2)21(18,19)16-11-9-15(20-3)10-12-16/h5-12H,4H2,1-3H3. The van der Waals surface area contributed by atoms with Gasteiger partial charge in [-0.3, -0.25) is 4.31 Å². The van der Waals surface area contributed by atoms with E-state index >= 15 is 0 Å². The van der Waals surface area contributed by atoms with Crippen molar-refractivity contribution in [1.29, 1.82) is 0 Å². The predicted octanol–water partition coefficient (Wildman–Crippen LogP) is 3.80. The Morgan fingerprint density at radius 3 is 2.05 bits per heavy atom. The Morgan fingerprint density at radius 2 is 1.57 bits per heavy atom. The molecule has 21 heavy (non-hydrogen) atoms. The zero-order valence-electron chi connectivity index (χ0n) is 12.4. The van der Waals surface area contributed by atoms with E-state index in [0.29, 0.717) is 10.6 Å². The minimum Gasteiger partial charge on any atom is -0.269 e. The molecular weight excluding hydrogens is 302 g/mol. The Kier molecular flexibility index (Phi) is 4.96. The average Bonchev–Trinajstić information content (AvgIpc) is 2.54. The molecule has 0 N–H and O–H groups in total. The second kappa shape index (κ2) is 6.54. The van der Waals surface area contributed by atoms with Crippen molar-refractivity contribution in [3.8, 4) is 0 Å². The fourth-order valence-corrected chi connectivity index (χ4v) is 3.59. The Morgan fingerprint density at radius 1 is 1.00 bits per heavy atom. The van der Waals surface area contributed by atoms with Crippen LogP contribution in [-0.4, -0.2) is 21.7 Å². The van der Waals surface area contributed by atoms with Crippen LogP contribution in [0.25, 0.3) is 0 Å². The second-order valence-electron chi connectivity index (χ2n) is 4.67. The lowest BCUT2D eigenvalue weighted by Gasteiger charge is -2.20. The molecule has 0 aliphatic heterocycles. The number of sulfonamides is 1. The van der Waals surface area contributed by atoms with E-state index in [1.165, 1.54) is 9.87 Å². The molecule has 0 aliphatic carbocycles. The van der Waals surface area contributed by atoms with Crippen LogP contribution in [-0.2, 0) is 16.4 Å². The summed E-state index contributed by atoms with van der Waals surface area (Å²) in [6.07, 6.45) is 2.90. The van der Waals surface area contributed by atoms with Gasteiger partial charge < -0.3 is 0 Å². The van der Waals surface area contributed by atoms with Crippen molar-refractivity contribution in [3.63, 3.8) is 0 Å². The van der Waals surface area contributed by atoms with Crippen LogP contribution in [0.15, 0.2) is 58.3 Å². The van der Waals surface area contributed by atoms with E-state index in [-0.39, 0.29) is 0 Å². The maximum Gasteiger partial charge on any atom is 0.264 e. The number of hydrogen-bond acceptors (Lipinski definition) is 3. The number of benzene rings is 2. The van der Waals surface area contributed by atoms with Gasteiger partial charge in [-0.2, -0.15) is 0 Å². The largest absolute Gasteiger partial charge is 0.269 e. The number of thioether (sulfide) groups is 1. The van der Waals surface area contributed by atoms with Crippen molar-refractivity contribution in [3.05, 3.63) is 54.1 Å². The third-order valence-electron chi connectivity index (χ3n) is 3.43. The molecule has 0 aliphatic rings. The molecule has 0 fully saturated rings. The summed E-state index contributed by atoms with van der Waals surface area (Å²) in [4.78, 5) is 1.35. The summed E-state index contributed by atoms with van der Waals surface area (Å²) in [5, 5.41) is 0.